The number of quaternary nitrogens is 1. The molecule has 4 atom stereocenters. The third-order valence-corrected chi connectivity index (χ3v) is 6.32. The fourth-order valence-electron chi connectivity index (χ4n) is 4.00. The lowest BCUT2D eigenvalue weighted by Crippen LogP contribution is -2.98. The number of carbonyl (C=O) groups is 1. The topological polar surface area (TPSA) is 126 Å². The summed E-state index contributed by atoms with van der Waals surface area (Å²) in [5.74, 6) is 1.09. The summed E-state index contributed by atoms with van der Waals surface area (Å²) in [6.45, 7) is 5.76. The van der Waals surface area contributed by atoms with Crippen LogP contribution in [0.15, 0.2) is 5.16 Å². The lowest BCUT2D eigenvalue weighted by Gasteiger charge is -2.36. The summed E-state index contributed by atoms with van der Waals surface area (Å²) in [5, 5.41) is 2.76. The number of hydrogen-bond donors (Lipinski definition) is 2. The van der Waals surface area contributed by atoms with E-state index in [9.17, 15) is 4.79 Å². The summed E-state index contributed by atoms with van der Waals surface area (Å²) in [5.41, 5.74) is 8.93. The highest BCUT2D eigenvalue weighted by Crippen LogP contribution is 2.44. The predicted octanol–water partition coefficient (Wildman–Crippen LogP) is 0.341. The SMILES string of the molecule is CCCSc1nc(N)c2c(n1)N(C1CC(OCC(=O)OC)C3OC(C)(C)OC31)[NH2+]2. The van der Waals surface area contributed by atoms with Crippen molar-refractivity contribution in [3.63, 3.8) is 0 Å². The number of esters is 1. The zero-order valence-corrected chi connectivity index (χ0v) is 17.9. The van der Waals surface area contributed by atoms with Crippen LogP contribution in [-0.2, 0) is 23.7 Å². The highest BCUT2D eigenvalue weighted by atomic mass is 32.2. The fourth-order valence-corrected chi connectivity index (χ4v) is 4.70. The van der Waals surface area contributed by atoms with E-state index in [0.717, 1.165) is 23.7 Å². The number of nitrogen functional groups attached to an aromatic ring is 1. The van der Waals surface area contributed by atoms with Crippen LogP contribution in [0.1, 0.15) is 33.6 Å². The van der Waals surface area contributed by atoms with Crippen molar-refractivity contribution in [2.75, 3.05) is 30.2 Å². The summed E-state index contributed by atoms with van der Waals surface area (Å²) in [7, 11) is 1.34. The van der Waals surface area contributed by atoms with Gasteiger partial charge in [-0.2, -0.15) is 15.0 Å². The van der Waals surface area contributed by atoms with Crippen molar-refractivity contribution in [3.05, 3.63) is 0 Å². The number of nitrogens with two attached hydrogens (primary N) is 2. The minimum Gasteiger partial charge on any atom is -0.467 e. The van der Waals surface area contributed by atoms with Gasteiger partial charge in [-0.05, 0) is 20.3 Å². The Kier molecular flexibility index (Phi) is 5.60. The summed E-state index contributed by atoms with van der Waals surface area (Å²) in [4.78, 5) is 20.6. The predicted molar refractivity (Wildman–Crippen MR) is 106 cm³/mol. The van der Waals surface area contributed by atoms with Crippen LogP contribution >= 0.6 is 11.8 Å². The Hall–Kier alpha value is -1.66. The van der Waals surface area contributed by atoms with Gasteiger partial charge in [0.2, 0.25) is 11.5 Å². The van der Waals surface area contributed by atoms with Crippen LogP contribution in [0.3, 0.4) is 0 Å². The second-order valence-electron chi connectivity index (χ2n) is 7.81. The lowest BCUT2D eigenvalue weighted by molar-refractivity contribution is -0.615. The Labute approximate surface area is 173 Å². The van der Waals surface area contributed by atoms with Gasteiger partial charge in [-0.1, -0.05) is 18.7 Å². The number of aromatic nitrogens is 2. The van der Waals surface area contributed by atoms with Crippen molar-refractivity contribution >= 4 is 35.1 Å². The van der Waals surface area contributed by atoms with Gasteiger partial charge in [0.25, 0.3) is 0 Å². The average Bonchev–Trinajstić information content (AvgIpc) is 3.14. The Morgan fingerprint density at radius 1 is 1.38 bits per heavy atom. The first-order chi connectivity index (χ1) is 13.8. The lowest BCUT2D eigenvalue weighted by atomic mass is 10.1. The van der Waals surface area contributed by atoms with Crippen LogP contribution in [0, 0.1) is 0 Å². The van der Waals surface area contributed by atoms with E-state index in [0.29, 0.717) is 17.4 Å². The standard InChI is InChI=1S/C18H27N5O5S/c1-5-6-29-17-20-15(19)12-16(21-17)23(22-12)9-7-10(26-8-11(24)25-4)14-13(9)27-18(2,3)28-14/h9-10,13-14,22H,5-8H2,1-4H3,(H2,19,20,21)/p+1. The van der Waals surface area contributed by atoms with Gasteiger partial charge in [0.15, 0.2) is 16.8 Å². The van der Waals surface area contributed by atoms with Gasteiger partial charge in [-0.3, -0.25) is 0 Å². The van der Waals surface area contributed by atoms with Gasteiger partial charge < -0.3 is 24.7 Å². The molecule has 0 bridgehead atoms. The zero-order valence-electron chi connectivity index (χ0n) is 17.1. The minimum atomic E-state index is -0.721. The molecule has 10 nitrogen and oxygen atoms in total. The molecule has 0 amide bonds. The number of fused-ring (bicyclic) bond motifs is 2. The number of rotatable bonds is 7. The van der Waals surface area contributed by atoms with E-state index in [1.54, 1.807) is 11.8 Å². The maximum Gasteiger partial charge on any atom is 0.331 e. The largest absolute Gasteiger partial charge is 0.467 e. The minimum absolute atomic E-state index is 0.0322. The summed E-state index contributed by atoms with van der Waals surface area (Å²) in [6, 6.07) is -0.0322. The molecule has 4 rings (SSSR count). The molecule has 3 aliphatic rings. The van der Waals surface area contributed by atoms with E-state index in [1.165, 1.54) is 7.11 Å². The summed E-state index contributed by atoms with van der Waals surface area (Å²) >= 11 is 1.59. The first-order valence-corrected chi connectivity index (χ1v) is 10.8. The third-order valence-electron chi connectivity index (χ3n) is 5.27. The molecule has 11 heteroatoms. The van der Waals surface area contributed by atoms with Crippen LogP contribution in [0.5, 0.6) is 0 Å². The van der Waals surface area contributed by atoms with E-state index in [-0.39, 0.29) is 31.0 Å². The molecule has 3 heterocycles. The van der Waals surface area contributed by atoms with Crippen molar-refractivity contribution in [2.24, 2.45) is 0 Å². The van der Waals surface area contributed by atoms with Crippen LogP contribution in [-0.4, -0.2) is 65.5 Å². The summed E-state index contributed by atoms with van der Waals surface area (Å²) in [6.07, 6.45) is 0.911. The van der Waals surface area contributed by atoms with Gasteiger partial charge in [0.1, 0.15) is 24.9 Å². The van der Waals surface area contributed by atoms with Crippen molar-refractivity contribution < 1.29 is 29.2 Å². The molecule has 1 aromatic rings. The highest BCUT2D eigenvalue weighted by molar-refractivity contribution is 7.99. The quantitative estimate of drug-likeness (QED) is 0.273. The molecule has 0 aromatic carbocycles. The molecule has 160 valence electrons. The van der Waals surface area contributed by atoms with Gasteiger partial charge >= 0.3 is 5.97 Å². The molecule has 0 spiro atoms. The monoisotopic (exact) mass is 426 g/mol. The molecule has 2 aliphatic heterocycles. The molecule has 1 aromatic heterocycles. The molecule has 4 unspecified atom stereocenters. The fraction of sp³-hybridized carbons (Fsp3) is 0.722. The average molecular weight is 427 g/mol. The molecule has 1 saturated heterocycles. The van der Waals surface area contributed by atoms with Crippen molar-refractivity contribution in [1.29, 1.82) is 0 Å². The number of carbonyl (C=O) groups excluding carboxylic acids is 1. The Balaban J connectivity index is 1.54. The number of nitrogens with zero attached hydrogens (tertiary/aromatic N) is 3. The number of thioether (sulfide) groups is 1. The van der Waals surface area contributed by atoms with E-state index in [2.05, 4.69) is 21.7 Å². The van der Waals surface area contributed by atoms with E-state index < -0.39 is 11.8 Å². The smallest absolute Gasteiger partial charge is 0.331 e. The molecular weight excluding hydrogens is 398 g/mol. The molecule has 0 radical (unpaired) electrons. The molecule has 1 saturated carbocycles. The molecule has 2 fully saturated rings. The molecule has 4 N–H and O–H groups in total. The Morgan fingerprint density at radius 3 is 2.86 bits per heavy atom. The highest BCUT2D eigenvalue weighted by Gasteiger charge is 2.59. The molecule has 29 heavy (non-hydrogen) atoms. The number of methoxy groups -OCH3 is 1. The molecule has 1 aliphatic carbocycles. The first kappa shape index (κ1) is 20.6. The normalized spacial score (nSPS) is 29.3. The third kappa shape index (κ3) is 3.89. The number of anilines is 2. The van der Waals surface area contributed by atoms with Crippen molar-refractivity contribution in [2.45, 2.75) is 68.9 Å². The second kappa shape index (κ2) is 7.88. The van der Waals surface area contributed by atoms with E-state index in [4.69, 9.17) is 24.9 Å². The first-order valence-electron chi connectivity index (χ1n) is 9.80. The van der Waals surface area contributed by atoms with Crippen LogP contribution in [0.4, 0.5) is 17.3 Å². The van der Waals surface area contributed by atoms with Crippen LogP contribution in [0.2, 0.25) is 0 Å². The van der Waals surface area contributed by atoms with Gasteiger partial charge in [0, 0.05) is 12.2 Å². The Morgan fingerprint density at radius 2 is 2.14 bits per heavy atom. The molecular formula is C18H28N5O5S+. The number of ether oxygens (including phenoxy) is 4. The van der Waals surface area contributed by atoms with Gasteiger partial charge in [0.05, 0.1) is 13.2 Å². The van der Waals surface area contributed by atoms with Crippen LogP contribution < -0.4 is 16.2 Å². The van der Waals surface area contributed by atoms with Gasteiger partial charge in [-0.25, -0.2) is 10.2 Å². The zero-order chi connectivity index (χ0) is 20.8. The maximum absolute atomic E-state index is 11.5. The second-order valence-corrected chi connectivity index (χ2v) is 8.87. The van der Waals surface area contributed by atoms with Crippen LogP contribution in [0.25, 0.3) is 0 Å². The Bertz CT molecular complexity index is 794. The van der Waals surface area contributed by atoms with Crippen molar-refractivity contribution in [1.82, 2.24) is 9.97 Å². The number of hydrogen-bond acceptors (Lipinski definition) is 10. The van der Waals surface area contributed by atoms with Gasteiger partial charge in [-0.15, -0.1) is 0 Å². The van der Waals surface area contributed by atoms with Crippen molar-refractivity contribution in [3.8, 4) is 0 Å². The van der Waals surface area contributed by atoms with E-state index in [1.807, 2.05) is 19.3 Å². The van der Waals surface area contributed by atoms with E-state index >= 15 is 0 Å². The summed E-state index contributed by atoms with van der Waals surface area (Å²) < 4.78 is 22.8. The maximum atomic E-state index is 11.5.